The Morgan fingerprint density at radius 2 is 0.896 bits per heavy atom. The minimum atomic E-state index is 0.940. The summed E-state index contributed by atoms with van der Waals surface area (Å²) in [5.74, 6) is 0. The number of fused-ring (bicyclic) bond motifs is 5. The van der Waals surface area contributed by atoms with Crippen molar-refractivity contribution in [3.8, 4) is 33.4 Å². The van der Waals surface area contributed by atoms with Gasteiger partial charge in [0.05, 0.1) is 0 Å². The Labute approximate surface area is 280 Å². The molecule has 11 rings (SSSR count). The van der Waals surface area contributed by atoms with E-state index in [-0.39, 0.29) is 0 Å². The van der Waals surface area contributed by atoms with Crippen molar-refractivity contribution in [1.82, 2.24) is 0 Å². The van der Waals surface area contributed by atoms with E-state index < -0.39 is 0 Å². The Kier molecular flexibility index (Phi) is 5.32. The molecule has 0 spiro atoms. The summed E-state index contributed by atoms with van der Waals surface area (Å²) in [4.78, 5) is 0. The van der Waals surface area contributed by atoms with Crippen molar-refractivity contribution in [1.29, 1.82) is 0 Å². The first kappa shape index (κ1) is 26.1. The minimum Gasteiger partial charge on any atom is -0.456 e. The molecular formula is C46H26OS. The zero-order valence-electron chi connectivity index (χ0n) is 25.8. The Bertz CT molecular complexity index is 3010. The number of rotatable bonds is 3. The molecule has 2 aromatic heterocycles. The van der Waals surface area contributed by atoms with E-state index >= 15 is 0 Å². The first-order valence-corrected chi connectivity index (χ1v) is 17.3. The summed E-state index contributed by atoms with van der Waals surface area (Å²) in [5, 5.41) is 12.5. The standard InChI is InChI=1S/C46H26OS/c1-2-13-29(28(12-1)30-19-10-22-41-45(30)37-18-7-8-21-40(37)48-41)43-31-14-3-5-16-33(31)44(34-17-6-4-15-32(34)43)35-25-26-39-46-36(35)24-23-27-11-9-20-38(47-39)42(27)46/h1-26H. The maximum Gasteiger partial charge on any atom is 0.136 e. The average Bonchev–Trinajstić information content (AvgIpc) is 3.72. The minimum absolute atomic E-state index is 0.940. The smallest absolute Gasteiger partial charge is 0.136 e. The Hall–Kier alpha value is -5.96. The molecule has 0 aliphatic heterocycles. The highest BCUT2D eigenvalue weighted by Gasteiger charge is 2.22. The highest BCUT2D eigenvalue weighted by atomic mass is 32.1. The normalized spacial score (nSPS) is 12.2. The first-order chi connectivity index (χ1) is 23.8. The molecule has 0 saturated carbocycles. The number of thiophene rings is 1. The molecule has 0 saturated heterocycles. The molecule has 222 valence electrons. The van der Waals surface area contributed by atoms with Crippen LogP contribution < -0.4 is 0 Å². The predicted octanol–water partition coefficient (Wildman–Crippen LogP) is 13.9. The van der Waals surface area contributed by atoms with Gasteiger partial charge in [-0.3, -0.25) is 0 Å². The van der Waals surface area contributed by atoms with Gasteiger partial charge in [0, 0.05) is 30.9 Å². The van der Waals surface area contributed by atoms with Crippen LogP contribution in [0, 0.1) is 0 Å². The van der Waals surface area contributed by atoms with Gasteiger partial charge in [0.15, 0.2) is 0 Å². The quantitative estimate of drug-likeness (QED) is 0.140. The molecule has 9 aromatic carbocycles. The number of furan rings is 1. The van der Waals surface area contributed by atoms with E-state index in [9.17, 15) is 0 Å². The van der Waals surface area contributed by atoms with Crippen molar-refractivity contribution >= 4 is 85.8 Å². The van der Waals surface area contributed by atoms with Crippen molar-refractivity contribution < 1.29 is 4.42 Å². The number of hydrogen-bond donors (Lipinski definition) is 0. The zero-order chi connectivity index (χ0) is 31.3. The summed E-state index contributed by atoms with van der Waals surface area (Å²) < 4.78 is 9.01. The van der Waals surface area contributed by atoms with Crippen LogP contribution in [0.5, 0.6) is 0 Å². The molecule has 11 aromatic rings. The van der Waals surface area contributed by atoms with Gasteiger partial charge in [0.1, 0.15) is 11.2 Å². The molecule has 0 radical (unpaired) electrons. The predicted molar refractivity (Wildman–Crippen MR) is 207 cm³/mol. The molecule has 0 aliphatic rings. The van der Waals surface area contributed by atoms with Gasteiger partial charge in [0.25, 0.3) is 0 Å². The van der Waals surface area contributed by atoms with Gasteiger partial charge in [-0.05, 0) is 96.0 Å². The van der Waals surface area contributed by atoms with Gasteiger partial charge in [-0.2, -0.15) is 0 Å². The van der Waals surface area contributed by atoms with Gasteiger partial charge in [0.2, 0.25) is 0 Å². The molecule has 2 heterocycles. The first-order valence-electron chi connectivity index (χ1n) is 16.4. The summed E-state index contributed by atoms with van der Waals surface area (Å²) in [6.45, 7) is 0. The molecule has 0 N–H and O–H groups in total. The van der Waals surface area contributed by atoms with E-state index in [1.807, 2.05) is 11.3 Å². The zero-order valence-corrected chi connectivity index (χ0v) is 26.6. The van der Waals surface area contributed by atoms with Crippen LogP contribution in [0.25, 0.3) is 108 Å². The van der Waals surface area contributed by atoms with Crippen LogP contribution in [0.4, 0.5) is 0 Å². The van der Waals surface area contributed by atoms with Crippen molar-refractivity contribution in [3.05, 3.63) is 158 Å². The van der Waals surface area contributed by atoms with Crippen molar-refractivity contribution in [2.75, 3.05) is 0 Å². The lowest BCUT2D eigenvalue weighted by Crippen LogP contribution is -1.93. The van der Waals surface area contributed by atoms with E-state index in [4.69, 9.17) is 4.42 Å². The van der Waals surface area contributed by atoms with Crippen LogP contribution in [0.15, 0.2) is 162 Å². The summed E-state index contributed by atoms with van der Waals surface area (Å²) in [5.41, 5.74) is 9.45. The van der Waals surface area contributed by atoms with Crippen LogP contribution in [0.2, 0.25) is 0 Å². The summed E-state index contributed by atoms with van der Waals surface area (Å²) in [6.07, 6.45) is 0. The lowest BCUT2D eigenvalue weighted by molar-refractivity contribution is 0.669. The molecule has 2 heteroatoms. The van der Waals surface area contributed by atoms with Crippen molar-refractivity contribution in [2.45, 2.75) is 0 Å². The number of hydrogen-bond acceptors (Lipinski definition) is 2. The average molecular weight is 627 g/mol. The second-order valence-corrected chi connectivity index (χ2v) is 13.8. The van der Waals surface area contributed by atoms with E-state index in [0.717, 1.165) is 11.2 Å². The summed E-state index contributed by atoms with van der Waals surface area (Å²) >= 11 is 1.87. The highest BCUT2D eigenvalue weighted by molar-refractivity contribution is 7.25. The van der Waals surface area contributed by atoms with Crippen LogP contribution in [-0.2, 0) is 0 Å². The fourth-order valence-electron chi connectivity index (χ4n) is 8.31. The van der Waals surface area contributed by atoms with Crippen molar-refractivity contribution in [2.24, 2.45) is 0 Å². The molecular weight excluding hydrogens is 601 g/mol. The molecule has 0 atom stereocenters. The maximum atomic E-state index is 6.36. The van der Waals surface area contributed by atoms with Gasteiger partial charge >= 0.3 is 0 Å². The highest BCUT2D eigenvalue weighted by Crippen LogP contribution is 2.50. The SMILES string of the molecule is c1ccc(-c2cccc3sc4ccccc4c23)c(-c2c3ccccc3c(-c3ccc4oc5cccc6ccc3c4c65)c3ccccc23)c1. The Morgan fingerprint density at radius 3 is 1.67 bits per heavy atom. The number of benzene rings is 9. The third-order valence-electron chi connectivity index (χ3n) is 10.3. The van der Waals surface area contributed by atoms with Crippen LogP contribution >= 0.6 is 11.3 Å². The van der Waals surface area contributed by atoms with E-state index in [1.54, 1.807) is 0 Å². The summed E-state index contributed by atoms with van der Waals surface area (Å²) in [6, 6.07) is 57.8. The van der Waals surface area contributed by atoms with Gasteiger partial charge in [-0.15, -0.1) is 11.3 Å². The van der Waals surface area contributed by atoms with Crippen LogP contribution in [0.1, 0.15) is 0 Å². The summed E-state index contributed by atoms with van der Waals surface area (Å²) in [7, 11) is 0. The van der Waals surface area contributed by atoms with Gasteiger partial charge in [-0.1, -0.05) is 127 Å². The lowest BCUT2D eigenvalue weighted by atomic mass is 9.82. The van der Waals surface area contributed by atoms with E-state index in [0.29, 0.717) is 0 Å². The molecule has 0 amide bonds. The van der Waals surface area contributed by atoms with E-state index in [2.05, 4.69) is 158 Å². The molecule has 0 fully saturated rings. The second-order valence-electron chi connectivity index (χ2n) is 12.7. The lowest BCUT2D eigenvalue weighted by Gasteiger charge is -2.20. The second kappa shape index (κ2) is 9.78. The molecule has 48 heavy (non-hydrogen) atoms. The Morgan fingerprint density at radius 1 is 0.312 bits per heavy atom. The van der Waals surface area contributed by atoms with E-state index in [1.165, 1.54) is 96.6 Å². The largest absolute Gasteiger partial charge is 0.456 e. The van der Waals surface area contributed by atoms with Gasteiger partial charge < -0.3 is 4.42 Å². The molecule has 0 aliphatic carbocycles. The van der Waals surface area contributed by atoms with Crippen LogP contribution in [-0.4, -0.2) is 0 Å². The Balaban J connectivity index is 1.26. The molecule has 0 bridgehead atoms. The fraction of sp³-hybridized carbons (Fsp3) is 0. The molecule has 0 unspecified atom stereocenters. The van der Waals surface area contributed by atoms with Gasteiger partial charge in [-0.25, -0.2) is 0 Å². The third kappa shape index (κ3) is 3.50. The van der Waals surface area contributed by atoms with Crippen molar-refractivity contribution in [3.63, 3.8) is 0 Å². The molecule has 1 nitrogen and oxygen atoms in total. The topological polar surface area (TPSA) is 13.1 Å². The van der Waals surface area contributed by atoms with Crippen LogP contribution in [0.3, 0.4) is 0 Å². The monoisotopic (exact) mass is 626 g/mol. The third-order valence-corrected chi connectivity index (χ3v) is 11.4. The fourth-order valence-corrected chi connectivity index (χ4v) is 9.44. The maximum absolute atomic E-state index is 6.36.